The molecule has 4 nitrogen and oxygen atoms in total. The van der Waals surface area contributed by atoms with Crippen LogP contribution in [0.15, 0.2) is 48.6 Å². The van der Waals surface area contributed by atoms with Crippen LogP contribution in [0.25, 0.3) is 0 Å². The Morgan fingerprint density at radius 3 is 1.24 bits per heavy atom. The van der Waals surface area contributed by atoms with Crippen molar-refractivity contribution in [1.82, 2.24) is 0 Å². The molecule has 0 bridgehead atoms. The van der Waals surface area contributed by atoms with Gasteiger partial charge in [-0.3, -0.25) is 0 Å². The smallest absolute Gasteiger partial charge is 0.545 e. The zero-order valence-electron chi connectivity index (χ0n) is 9.96. The van der Waals surface area contributed by atoms with E-state index >= 15 is 0 Å². The van der Waals surface area contributed by atoms with Crippen molar-refractivity contribution in [2.75, 3.05) is 0 Å². The van der Waals surface area contributed by atoms with E-state index in [4.69, 9.17) is 0 Å². The van der Waals surface area contributed by atoms with Gasteiger partial charge in [0.05, 0.1) is 11.9 Å². The molecule has 0 N–H and O–H groups in total. The van der Waals surface area contributed by atoms with Gasteiger partial charge >= 0.3 is 37.7 Å². The maximum atomic E-state index is 9.64. The molecule has 0 aliphatic carbocycles. The van der Waals surface area contributed by atoms with Gasteiger partial charge in [-0.15, -0.1) is 0 Å². The Hall–Kier alpha value is -0.840. The van der Waals surface area contributed by atoms with Gasteiger partial charge in [-0.1, -0.05) is 36.5 Å². The monoisotopic (exact) mass is 262 g/mol. The summed E-state index contributed by atoms with van der Waals surface area (Å²) >= 11 is 0. The van der Waals surface area contributed by atoms with Crippen LogP contribution in [0.3, 0.4) is 0 Å². The molecule has 0 saturated heterocycles. The van der Waals surface area contributed by atoms with Gasteiger partial charge in [0, 0.05) is 0 Å². The van der Waals surface area contributed by atoms with E-state index in [2.05, 4.69) is 0 Å². The molecule has 0 amide bonds. The fourth-order valence-electron chi connectivity index (χ4n) is 0.490. The largest absolute Gasteiger partial charge is 2.00 e. The predicted octanol–water partition coefficient (Wildman–Crippen LogP) is -0.644. The number of aliphatic carboxylic acids is 2. The van der Waals surface area contributed by atoms with Crippen molar-refractivity contribution >= 4 is 49.7 Å². The number of rotatable bonds is 4. The van der Waals surface area contributed by atoms with Gasteiger partial charge in [0.2, 0.25) is 0 Å². The Morgan fingerprint density at radius 2 is 1.06 bits per heavy atom. The molecule has 0 spiro atoms. The summed E-state index contributed by atoms with van der Waals surface area (Å²) < 4.78 is 0. The summed E-state index contributed by atoms with van der Waals surface area (Å²) in [5.41, 5.74) is 0. The molecule has 0 atom stereocenters. The average Bonchev–Trinajstić information content (AvgIpc) is 2.18. The summed E-state index contributed by atoms with van der Waals surface area (Å²) in [5, 5.41) is 19.3. The van der Waals surface area contributed by atoms with Crippen molar-refractivity contribution < 1.29 is 19.8 Å². The first-order valence-corrected chi connectivity index (χ1v) is 4.55. The van der Waals surface area contributed by atoms with Crippen LogP contribution in [0.1, 0.15) is 13.8 Å². The molecule has 0 heterocycles. The zero-order chi connectivity index (χ0) is 12.8. The number of carbonyl (C=O) groups is 2. The molecule has 0 aromatic rings. The zero-order valence-corrected chi connectivity index (χ0v) is 12.2. The summed E-state index contributed by atoms with van der Waals surface area (Å²) in [4.78, 5) is 19.3. The van der Waals surface area contributed by atoms with Gasteiger partial charge in [0.15, 0.2) is 0 Å². The molecule has 0 aliphatic heterocycles. The van der Waals surface area contributed by atoms with Crippen molar-refractivity contribution in [3.05, 3.63) is 48.6 Å². The number of carboxylic acids is 2. The van der Waals surface area contributed by atoms with E-state index in [1.807, 2.05) is 0 Å². The second-order valence-corrected chi connectivity index (χ2v) is 2.41. The average molecular weight is 262 g/mol. The van der Waals surface area contributed by atoms with Gasteiger partial charge in [0.1, 0.15) is 0 Å². The molecule has 0 aromatic carbocycles. The van der Waals surface area contributed by atoms with Gasteiger partial charge in [-0.05, 0) is 26.0 Å². The van der Waals surface area contributed by atoms with Gasteiger partial charge in [0.25, 0.3) is 0 Å². The minimum atomic E-state index is -1.16. The van der Waals surface area contributed by atoms with Gasteiger partial charge in [-0.25, -0.2) is 0 Å². The van der Waals surface area contributed by atoms with Crippen molar-refractivity contribution in [3.8, 4) is 0 Å². The summed E-state index contributed by atoms with van der Waals surface area (Å²) in [6, 6.07) is 0. The van der Waals surface area contributed by atoms with E-state index in [9.17, 15) is 19.8 Å². The Morgan fingerprint density at radius 1 is 0.765 bits per heavy atom. The molecule has 0 aliphatic rings. The number of hydrogen-bond acceptors (Lipinski definition) is 4. The molecule has 0 aromatic heterocycles. The fraction of sp³-hybridized carbons (Fsp3) is 0.167. The van der Waals surface area contributed by atoms with Crippen LogP contribution in [-0.2, 0) is 9.59 Å². The summed E-state index contributed by atoms with van der Waals surface area (Å²) in [6.45, 7) is 3.61. The third-order valence-electron chi connectivity index (χ3n) is 1.07. The van der Waals surface area contributed by atoms with E-state index < -0.39 is 11.9 Å². The Labute approximate surface area is 131 Å². The quantitative estimate of drug-likeness (QED) is 0.383. The summed E-state index contributed by atoms with van der Waals surface area (Å²) in [5.74, 6) is -2.33. The van der Waals surface area contributed by atoms with Crippen LogP contribution in [0, 0.1) is 0 Å². The van der Waals surface area contributed by atoms with Crippen LogP contribution in [0.5, 0.6) is 0 Å². The van der Waals surface area contributed by atoms with Crippen LogP contribution >= 0.6 is 0 Å². The minimum absolute atomic E-state index is 0. The SMILES string of the molecule is CC=CC=CC(=O)[O-].CC=CC=CC(=O)[O-].[Ca+2]. The Balaban J connectivity index is -0.000000218. The van der Waals surface area contributed by atoms with E-state index in [-0.39, 0.29) is 37.7 Å². The Bertz CT molecular complexity index is 282. The minimum Gasteiger partial charge on any atom is -0.545 e. The van der Waals surface area contributed by atoms with Crippen molar-refractivity contribution in [2.45, 2.75) is 13.8 Å². The van der Waals surface area contributed by atoms with Crippen molar-refractivity contribution in [2.24, 2.45) is 0 Å². The van der Waals surface area contributed by atoms with Crippen LogP contribution in [0.4, 0.5) is 0 Å². The third-order valence-corrected chi connectivity index (χ3v) is 1.07. The first-order chi connectivity index (χ1) is 7.54. The molecule has 5 heteroatoms. The van der Waals surface area contributed by atoms with E-state index in [1.54, 1.807) is 38.2 Å². The Kier molecular flexibility index (Phi) is 22.1. The van der Waals surface area contributed by atoms with E-state index in [1.165, 1.54) is 12.2 Å². The molecule has 17 heavy (non-hydrogen) atoms. The third kappa shape index (κ3) is 31.3. The molecular formula is C12H14CaO4. The number of carbonyl (C=O) groups excluding carboxylic acids is 2. The van der Waals surface area contributed by atoms with E-state index in [0.717, 1.165) is 12.2 Å². The van der Waals surface area contributed by atoms with Gasteiger partial charge in [-0.2, -0.15) is 0 Å². The standard InChI is InChI=1S/2C6H8O2.Ca/c2*1-2-3-4-5-6(7)8;/h2*2-5H,1H3,(H,7,8);/q;;+2/p-2. The molecule has 0 unspecified atom stereocenters. The van der Waals surface area contributed by atoms with Crippen molar-refractivity contribution in [1.29, 1.82) is 0 Å². The second kappa shape index (κ2) is 17.6. The molecule has 0 saturated carbocycles. The van der Waals surface area contributed by atoms with Crippen LogP contribution in [0.2, 0.25) is 0 Å². The molecule has 0 radical (unpaired) electrons. The van der Waals surface area contributed by atoms with Gasteiger partial charge < -0.3 is 19.8 Å². The number of carboxylic acid groups (broad SMARTS) is 2. The maximum Gasteiger partial charge on any atom is 2.00 e. The molecule has 0 fully saturated rings. The van der Waals surface area contributed by atoms with Crippen LogP contribution in [-0.4, -0.2) is 49.7 Å². The number of hydrogen-bond donors (Lipinski definition) is 0. The summed E-state index contributed by atoms with van der Waals surface area (Å²) in [6.07, 6.45) is 11.5. The molecule has 88 valence electrons. The first-order valence-electron chi connectivity index (χ1n) is 4.55. The normalized spacial score (nSPS) is 10.5. The predicted molar refractivity (Wildman–Crippen MR) is 63.7 cm³/mol. The fourth-order valence-corrected chi connectivity index (χ4v) is 0.490. The summed E-state index contributed by atoms with van der Waals surface area (Å²) in [7, 11) is 0. The molecular weight excluding hydrogens is 248 g/mol. The topological polar surface area (TPSA) is 80.3 Å². The first kappa shape index (κ1) is 21.4. The molecule has 0 rings (SSSR count). The second-order valence-electron chi connectivity index (χ2n) is 2.41. The van der Waals surface area contributed by atoms with E-state index in [0.29, 0.717) is 0 Å². The van der Waals surface area contributed by atoms with Crippen molar-refractivity contribution in [3.63, 3.8) is 0 Å². The number of allylic oxidation sites excluding steroid dienone is 6. The van der Waals surface area contributed by atoms with Crippen LogP contribution < -0.4 is 10.2 Å². The maximum absolute atomic E-state index is 9.64.